The molecule has 1 amide bonds. The van der Waals surface area contributed by atoms with Crippen LogP contribution in [0.5, 0.6) is 5.75 Å². The number of methoxy groups -OCH3 is 1. The number of hydrogen-bond acceptors (Lipinski definition) is 5. The van der Waals surface area contributed by atoms with Gasteiger partial charge in [0.05, 0.1) is 12.5 Å². The van der Waals surface area contributed by atoms with Gasteiger partial charge in [-0.05, 0) is 42.7 Å². The summed E-state index contributed by atoms with van der Waals surface area (Å²) in [6.45, 7) is 6.81. The maximum atomic E-state index is 13.2. The fourth-order valence-corrected chi connectivity index (χ4v) is 4.64. The number of ether oxygens (including phenoxy) is 2. The van der Waals surface area contributed by atoms with E-state index in [-0.39, 0.29) is 5.91 Å². The molecule has 0 atom stereocenters. The second-order valence-corrected chi connectivity index (χ2v) is 8.34. The van der Waals surface area contributed by atoms with Gasteiger partial charge in [-0.15, -0.1) is 0 Å². The molecule has 2 heterocycles. The van der Waals surface area contributed by atoms with Crippen LogP contribution >= 0.6 is 0 Å². The van der Waals surface area contributed by atoms with Gasteiger partial charge in [-0.2, -0.15) is 0 Å². The molecule has 0 saturated carbocycles. The smallest absolute Gasteiger partial charge is 0.230 e. The van der Waals surface area contributed by atoms with E-state index in [1.54, 1.807) is 7.11 Å². The highest BCUT2D eigenvalue weighted by Gasteiger charge is 2.41. The van der Waals surface area contributed by atoms with E-state index in [0.29, 0.717) is 19.8 Å². The molecule has 1 N–H and O–H groups in total. The fraction of sp³-hybridized carbons (Fsp3) is 0.480. The van der Waals surface area contributed by atoms with E-state index in [4.69, 9.17) is 9.47 Å². The lowest BCUT2D eigenvalue weighted by Crippen LogP contribution is -2.51. The van der Waals surface area contributed by atoms with Crippen LogP contribution in [0.1, 0.15) is 18.4 Å². The maximum absolute atomic E-state index is 13.2. The third-order valence-corrected chi connectivity index (χ3v) is 6.63. The highest BCUT2D eigenvalue weighted by molar-refractivity contribution is 5.88. The second-order valence-electron chi connectivity index (χ2n) is 8.34. The van der Waals surface area contributed by atoms with E-state index >= 15 is 0 Å². The first-order chi connectivity index (χ1) is 15.2. The van der Waals surface area contributed by atoms with Crippen LogP contribution in [-0.4, -0.2) is 70.4 Å². The number of carbonyl (C=O) groups is 1. The molecular weight excluding hydrogens is 390 g/mol. The van der Waals surface area contributed by atoms with Gasteiger partial charge in [0.25, 0.3) is 0 Å². The number of nitrogens with one attached hydrogen (secondary N) is 1. The van der Waals surface area contributed by atoms with Crippen LogP contribution in [0.2, 0.25) is 0 Å². The van der Waals surface area contributed by atoms with Crippen molar-refractivity contribution in [1.82, 2.24) is 10.2 Å². The minimum Gasteiger partial charge on any atom is -0.497 e. The van der Waals surface area contributed by atoms with E-state index in [1.807, 2.05) is 30.3 Å². The Hall–Kier alpha value is -2.57. The highest BCUT2D eigenvalue weighted by Crippen LogP contribution is 2.35. The standard InChI is InChI=1S/C25H33N3O3/c1-30-23-9-7-22(8-10-23)28-17-15-27(16-18-28)14-13-26-24(29)25(11-19-31-20-12-25)21-5-3-2-4-6-21/h2-10H,11-20H2,1H3,(H,26,29). The number of benzene rings is 2. The minimum atomic E-state index is -0.466. The lowest BCUT2D eigenvalue weighted by Gasteiger charge is -2.38. The SMILES string of the molecule is COc1ccc(N2CCN(CCNC(=O)C3(c4ccccc4)CCOCC3)CC2)cc1. The van der Waals surface area contributed by atoms with Crippen LogP contribution in [0.4, 0.5) is 5.69 Å². The van der Waals surface area contributed by atoms with Gasteiger partial charge in [0.2, 0.25) is 5.91 Å². The predicted octanol–water partition coefficient (Wildman–Crippen LogP) is 2.68. The van der Waals surface area contributed by atoms with E-state index in [2.05, 4.69) is 39.4 Å². The van der Waals surface area contributed by atoms with Gasteiger partial charge < -0.3 is 19.7 Å². The zero-order valence-electron chi connectivity index (χ0n) is 18.4. The Labute approximate surface area is 185 Å². The van der Waals surface area contributed by atoms with Gasteiger partial charge in [0.15, 0.2) is 0 Å². The van der Waals surface area contributed by atoms with Crippen molar-refractivity contribution < 1.29 is 14.3 Å². The lowest BCUT2D eigenvalue weighted by atomic mass is 9.73. The minimum absolute atomic E-state index is 0.138. The van der Waals surface area contributed by atoms with Gasteiger partial charge in [0, 0.05) is 58.2 Å². The molecule has 2 aromatic carbocycles. The third kappa shape index (κ3) is 5.02. The number of nitrogens with zero attached hydrogens (tertiary/aromatic N) is 2. The molecule has 0 radical (unpaired) electrons. The van der Waals surface area contributed by atoms with Crippen molar-refractivity contribution in [2.24, 2.45) is 0 Å². The van der Waals surface area contributed by atoms with Gasteiger partial charge in [0.1, 0.15) is 5.75 Å². The summed E-state index contributed by atoms with van der Waals surface area (Å²) in [4.78, 5) is 18.1. The summed E-state index contributed by atoms with van der Waals surface area (Å²) in [5.74, 6) is 1.02. The third-order valence-electron chi connectivity index (χ3n) is 6.63. The molecule has 0 aromatic heterocycles. The van der Waals surface area contributed by atoms with Crippen LogP contribution in [0.3, 0.4) is 0 Å². The van der Waals surface area contributed by atoms with Crippen molar-refractivity contribution in [2.75, 3.05) is 64.5 Å². The Morgan fingerprint density at radius 1 is 1.00 bits per heavy atom. The van der Waals surface area contributed by atoms with Crippen LogP contribution in [0.25, 0.3) is 0 Å². The fourth-order valence-electron chi connectivity index (χ4n) is 4.64. The van der Waals surface area contributed by atoms with Crippen LogP contribution < -0.4 is 15.0 Å². The van der Waals surface area contributed by atoms with Gasteiger partial charge >= 0.3 is 0 Å². The quantitative estimate of drug-likeness (QED) is 0.742. The highest BCUT2D eigenvalue weighted by atomic mass is 16.5. The molecule has 6 heteroatoms. The van der Waals surface area contributed by atoms with Gasteiger partial charge in [-0.3, -0.25) is 9.69 Å². The average molecular weight is 424 g/mol. The topological polar surface area (TPSA) is 54.0 Å². The summed E-state index contributed by atoms with van der Waals surface area (Å²) in [6, 6.07) is 18.4. The largest absolute Gasteiger partial charge is 0.497 e. The Morgan fingerprint density at radius 3 is 2.32 bits per heavy atom. The number of anilines is 1. The van der Waals surface area contributed by atoms with E-state index < -0.39 is 5.41 Å². The summed E-state index contributed by atoms with van der Waals surface area (Å²) in [5.41, 5.74) is 1.87. The summed E-state index contributed by atoms with van der Waals surface area (Å²) >= 11 is 0. The first-order valence-corrected chi connectivity index (χ1v) is 11.2. The Kier molecular flexibility index (Phi) is 7.10. The van der Waals surface area contributed by atoms with Crippen LogP contribution in [0.15, 0.2) is 54.6 Å². The number of carbonyl (C=O) groups excluding carboxylic acids is 1. The van der Waals surface area contributed by atoms with Crippen molar-refractivity contribution in [3.8, 4) is 5.75 Å². The Balaban J connectivity index is 1.26. The van der Waals surface area contributed by atoms with Crippen LogP contribution in [-0.2, 0) is 14.9 Å². The molecule has 31 heavy (non-hydrogen) atoms. The summed E-state index contributed by atoms with van der Waals surface area (Å²) < 4.78 is 10.8. The van der Waals surface area contributed by atoms with Crippen molar-refractivity contribution in [3.05, 3.63) is 60.2 Å². The molecule has 6 nitrogen and oxygen atoms in total. The molecule has 2 aliphatic heterocycles. The monoisotopic (exact) mass is 423 g/mol. The summed E-state index contributed by atoms with van der Waals surface area (Å²) in [5, 5.41) is 3.23. The number of rotatable bonds is 7. The Morgan fingerprint density at radius 2 is 1.68 bits per heavy atom. The number of piperazine rings is 1. The molecule has 0 aliphatic carbocycles. The van der Waals surface area contributed by atoms with E-state index in [9.17, 15) is 4.79 Å². The predicted molar refractivity (Wildman–Crippen MR) is 123 cm³/mol. The molecule has 2 aliphatic rings. The summed E-state index contributed by atoms with van der Waals surface area (Å²) in [6.07, 6.45) is 1.48. The van der Waals surface area contributed by atoms with Crippen molar-refractivity contribution in [2.45, 2.75) is 18.3 Å². The van der Waals surface area contributed by atoms with Gasteiger partial charge in [-0.1, -0.05) is 30.3 Å². The molecule has 0 bridgehead atoms. The zero-order chi connectivity index (χ0) is 21.5. The normalized spacial score (nSPS) is 19.1. The van der Waals surface area contributed by atoms with Crippen molar-refractivity contribution in [1.29, 1.82) is 0 Å². The molecule has 2 fully saturated rings. The summed E-state index contributed by atoms with van der Waals surface area (Å²) in [7, 11) is 1.69. The average Bonchev–Trinajstić information content (AvgIpc) is 2.85. The Bertz CT molecular complexity index is 827. The van der Waals surface area contributed by atoms with Crippen LogP contribution in [0, 0.1) is 0 Å². The molecule has 166 valence electrons. The van der Waals surface area contributed by atoms with Crippen molar-refractivity contribution >= 4 is 11.6 Å². The lowest BCUT2D eigenvalue weighted by molar-refractivity contribution is -0.130. The van der Waals surface area contributed by atoms with E-state index in [0.717, 1.165) is 56.9 Å². The molecule has 0 spiro atoms. The van der Waals surface area contributed by atoms with Gasteiger partial charge in [-0.25, -0.2) is 0 Å². The molecule has 2 aromatic rings. The number of hydrogen-bond donors (Lipinski definition) is 1. The molecule has 2 saturated heterocycles. The van der Waals surface area contributed by atoms with Crippen molar-refractivity contribution in [3.63, 3.8) is 0 Å². The molecular formula is C25H33N3O3. The zero-order valence-corrected chi connectivity index (χ0v) is 18.4. The molecule has 0 unspecified atom stereocenters. The number of amides is 1. The molecule has 4 rings (SSSR count). The van der Waals surface area contributed by atoms with E-state index in [1.165, 1.54) is 5.69 Å². The first-order valence-electron chi connectivity index (χ1n) is 11.2. The maximum Gasteiger partial charge on any atom is 0.230 e. The first kappa shape index (κ1) is 21.7. The second kappa shape index (κ2) is 10.2.